The second-order valence-electron chi connectivity index (χ2n) is 3.60. The van der Waals surface area contributed by atoms with Crippen molar-refractivity contribution in [1.29, 1.82) is 0 Å². The number of rotatable bonds is 4. The Morgan fingerprint density at radius 3 is 2.59 bits per heavy atom. The van der Waals surface area contributed by atoms with Gasteiger partial charge in [0, 0.05) is 4.90 Å². The molecule has 0 radical (unpaired) electrons. The summed E-state index contributed by atoms with van der Waals surface area (Å²) in [6.07, 6.45) is 0. The van der Waals surface area contributed by atoms with Crippen molar-refractivity contribution in [1.82, 2.24) is 0 Å². The molecule has 0 aliphatic rings. The van der Waals surface area contributed by atoms with Gasteiger partial charge >= 0.3 is 0 Å². The predicted molar refractivity (Wildman–Crippen MR) is 70.5 cm³/mol. The van der Waals surface area contributed by atoms with Crippen LogP contribution in [0.3, 0.4) is 0 Å². The van der Waals surface area contributed by atoms with Crippen molar-refractivity contribution in [3.05, 3.63) is 52.0 Å². The second kappa shape index (κ2) is 5.47. The maximum atomic E-state index is 12.7. The molecule has 2 rings (SSSR count). The summed E-state index contributed by atoms with van der Waals surface area (Å²) in [6, 6.07) is 8.13. The van der Waals surface area contributed by atoms with E-state index in [0.29, 0.717) is 5.75 Å². The highest BCUT2D eigenvalue weighted by molar-refractivity contribution is 8.00. The number of thioether (sulfide) groups is 1. The molecular weight excluding hydrogens is 255 g/mol. The first kappa shape index (κ1) is 12.3. The molecule has 0 amide bonds. The Balaban J connectivity index is 1.97. The Morgan fingerprint density at radius 2 is 2.00 bits per heavy atom. The van der Waals surface area contributed by atoms with Crippen LogP contribution in [-0.2, 0) is 0 Å². The topological polar surface area (TPSA) is 17.1 Å². The molecule has 1 aromatic carbocycles. The van der Waals surface area contributed by atoms with Crippen LogP contribution >= 0.6 is 23.1 Å². The Morgan fingerprint density at radius 1 is 1.29 bits per heavy atom. The molecule has 0 N–H and O–H groups in total. The van der Waals surface area contributed by atoms with Crippen molar-refractivity contribution in [2.45, 2.75) is 11.8 Å². The van der Waals surface area contributed by atoms with E-state index in [-0.39, 0.29) is 11.6 Å². The zero-order valence-corrected chi connectivity index (χ0v) is 10.9. The minimum atomic E-state index is -0.255. The highest BCUT2D eigenvalue weighted by Gasteiger charge is 2.10. The number of carbonyl (C=O) groups is 1. The monoisotopic (exact) mass is 266 g/mol. The fourth-order valence-electron chi connectivity index (χ4n) is 1.40. The van der Waals surface area contributed by atoms with Gasteiger partial charge in [-0.05, 0) is 48.2 Å². The SMILES string of the molecule is Cc1ccsc1C(=O)CSc1ccc(F)cc1. The summed E-state index contributed by atoms with van der Waals surface area (Å²) < 4.78 is 12.7. The highest BCUT2D eigenvalue weighted by atomic mass is 32.2. The van der Waals surface area contributed by atoms with Gasteiger partial charge in [-0.15, -0.1) is 23.1 Å². The first-order valence-corrected chi connectivity index (χ1v) is 6.99. The van der Waals surface area contributed by atoms with Crippen molar-refractivity contribution in [3.63, 3.8) is 0 Å². The molecule has 0 saturated heterocycles. The number of hydrogen-bond acceptors (Lipinski definition) is 3. The lowest BCUT2D eigenvalue weighted by Gasteiger charge is -2.01. The molecule has 0 aliphatic heterocycles. The van der Waals surface area contributed by atoms with Crippen LogP contribution in [0.1, 0.15) is 15.2 Å². The largest absolute Gasteiger partial charge is 0.292 e. The summed E-state index contributed by atoms with van der Waals surface area (Å²) in [5.41, 5.74) is 1.03. The lowest BCUT2D eigenvalue weighted by molar-refractivity contribution is 0.102. The van der Waals surface area contributed by atoms with Gasteiger partial charge in [-0.2, -0.15) is 0 Å². The van der Waals surface area contributed by atoms with E-state index in [1.807, 2.05) is 18.4 Å². The van der Waals surface area contributed by atoms with Crippen molar-refractivity contribution in [2.24, 2.45) is 0 Å². The van der Waals surface area contributed by atoms with Gasteiger partial charge in [-0.3, -0.25) is 4.79 Å². The second-order valence-corrected chi connectivity index (χ2v) is 5.56. The van der Waals surface area contributed by atoms with E-state index in [1.54, 1.807) is 12.1 Å². The van der Waals surface area contributed by atoms with Crippen LogP contribution in [0.15, 0.2) is 40.6 Å². The van der Waals surface area contributed by atoms with E-state index in [2.05, 4.69) is 0 Å². The van der Waals surface area contributed by atoms with Gasteiger partial charge in [0.05, 0.1) is 10.6 Å². The van der Waals surface area contributed by atoms with Crippen molar-refractivity contribution >= 4 is 28.9 Å². The lowest BCUT2D eigenvalue weighted by Crippen LogP contribution is -2.01. The van der Waals surface area contributed by atoms with Gasteiger partial charge in [0.25, 0.3) is 0 Å². The van der Waals surface area contributed by atoms with Crippen LogP contribution in [0, 0.1) is 12.7 Å². The maximum absolute atomic E-state index is 12.7. The highest BCUT2D eigenvalue weighted by Crippen LogP contribution is 2.22. The first-order chi connectivity index (χ1) is 8.16. The smallest absolute Gasteiger partial charge is 0.183 e. The van der Waals surface area contributed by atoms with Gasteiger partial charge < -0.3 is 0 Å². The standard InChI is InChI=1S/C13H11FOS2/c1-9-6-7-16-13(9)12(15)8-17-11-4-2-10(14)3-5-11/h2-7H,8H2,1H3. The molecular formula is C13H11FOS2. The van der Waals surface area contributed by atoms with Gasteiger partial charge in [0.1, 0.15) is 5.82 Å². The molecule has 88 valence electrons. The van der Waals surface area contributed by atoms with Gasteiger partial charge in [-0.25, -0.2) is 4.39 Å². The fourth-order valence-corrected chi connectivity index (χ4v) is 3.13. The van der Waals surface area contributed by atoms with E-state index in [1.165, 1.54) is 35.2 Å². The number of benzene rings is 1. The maximum Gasteiger partial charge on any atom is 0.183 e. The molecule has 17 heavy (non-hydrogen) atoms. The van der Waals surface area contributed by atoms with Crippen LogP contribution in [0.4, 0.5) is 4.39 Å². The average molecular weight is 266 g/mol. The van der Waals surface area contributed by atoms with Crippen molar-refractivity contribution in [2.75, 3.05) is 5.75 Å². The first-order valence-electron chi connectivity index (χ1n) is 5.12. The summed E-state index contributed by atoms with van der Waals surface area (Å²) in [4.78, 5) is 13.6. The van der Waals surface area contributed by atoms with Crippen LogP contribution < -0.4 is 0 Å². The molecule has 0 unspecified atom stereocenters. The number of aryl methyl sites for hydroxylation is 1. The summed E-state index contributed by atoms with van der Waals surface area (Å²) in [5, 5.41) is 1.92. The third-order valence-corrected chi connectivity index (χ3v) is 4.37. The molecule has 1 aromatic heterocycles. The number of carbonyl (C=O) groups excluding carboxylic acids is 1. The van der Waals surface area contributed by atoms with Crippen molar-refractivity contribution in [3.8, 4) is 0 Å². The minimum Gasteiger partial charge on any atom is -0.292 e. The van der Waals surface area contributed by atoms with Gasteiger partial charge in [0.2, 0.25) is 0 Å². The third-order valence-electron chi connectivity index (χ3n) is 2.30. The van der Waals surface area contributed by atoms with Gasteiger partial charge in [-0.1, -0.05) is 0 Å². The third kappa shape index (κ3) is 3.17. The van der Waals surface area contributed by atoms with E-state index in [0.717, 1.165) is 15.3 Å². The molecule has 0 fully saturated rings. The zero-order chi connectivity index (χ0) is 12.3. The molecule has 1 nitrogen and oxygen atoms in total. The normalized spacial score (nSPS) is 10.5. The number of ketones is 1. The fraction of sp³-hybridized carbons (Fsp3) is 0.154. The van der Waals surface area contributed by atoms with E-state index < -0.39 is 0 Å². The Bertz CT molecular complexity index is 516. The molecule has 0 atom stereocenters. The van der Waals surface area contributed by atoms with E-state index >= 15 is 0 Å². The molecule has 0 spiro atoms. The molecule has 0 saturated carbocycles. The molecule has 1 heterocycles. The zero-order valence-electron chi connectivity index (χ0n) is 9.27. The number of thiophene rings is 1. The average Bonchev–Trinajstić information content (AvgIpc) is 2.74. The summed E-state index contributed by atoms with van der Waals surface area (Å²) in [7, 11) is 0. The van der Waals surface area contributed by atoms with Gasteiger partial charge in [0.15, 0.2) is 5.78 Å². The van der Waals surface area contributed by atoms with Crippen LogP contribution in [0.25, 0.3) is 0 Å². The predicted octanol–water partition coefficient (Wildman–Crippen LogP) is 4.17. The van der Waals surface area contributed by atoms with Crippen LogP contribution in [0.2, 0.25) is 0 Å². The number of Topliss-reactive ketones (excluding diaryl/α,β-unsaturated/α-hetero) is 1. The minimum absolute atomic E-state index is 0.131. The number of hydrogen-bond donors (Lipinski definition) is 0. The molecule has 0 aliphatic carbocycles. The number of halogens is 1. The quantitative estimate of drug-likeness (QED) is 0.610. The summed E-state index contributed by atoms with van der Waals surface area (Å²) in [6.45, 7) is 1.94. The van der Waals surface area contributed by atoms with Crippen LogP contribution in [-0.4, -0.2) is 11.5 Å². The molecule has 2 aromatic rings. The van der Waals surface area contributed by atoms with Crippen molar-refractivity contribution < 1.29 is 9.18 Å². The summed E-state index contributed by atoms with van der Waals surface area (Å²) in [5.74, 6) is 0.272. The molecule has 4 heteroatoms. The van der Waals surface area contributed by atoms with E-state index in [9.17, 15) is 9.18 Å². The Kier molecular flexibility index (Phi) is 3.97. The Labute approximate surface area is 108 Å². The lowest BCUT2D eigenvalue weighted by atomic mass is 10.2. The Hall–Kier alpha value is -1.13. The summed E-state index contributed by atoms with van der Waals surface area (Å²) >= 11 is 2.91. The van der Waals surface area contributed by atoms with E-state index in [4.69, 9.17) is 0 Å². The van der Waals surface area contributed by atoms with Crippen LogP contribution in [0.5, 0.6) is 0 Å². The molecule has 0 bridgehead atoms.